The van der Waals surface area contributed by atoms with Crippen molar-refractivity contribution in [3.8, 4) is 45.3 Å². The van der Waals surface area contributed by atoms with Crippen molar-refractivity contribution in [1.29, 1.82) is 0 Å². The molecule has 2 atom stereocenters. The second-order valence-corrected chi connectivity index (χ2v) is 24.3. The lowest BCUT2D eigenvalue weighted by Gasteiger charge is -2.25. The first-order valence-electron chi connectivity index (χ1n) is 26.9. The number of likely N-dealkylation sites (tertiary alicyclic amines) is 2. The highest BCUT2D eigenvalue weighted by atomic mass is 19.1. The van der Waals surface area contributed by atoms with Crippen LogP contribution in [-0.2, 0) is 16.1 Å². The molecule has 8 rings (SSSR count). The van der Waals surface area contributed by atoms with Crippen molar-refractivity contribution in [3.63, 3.8) is 0 Å². The lowest BCUT2D eigenvalue weighted by molar-refractivity contribution is 0.0278. The number of rotatable bonds is 12. The number of ether oxygens (including phenoxy) is 4. The quantitative estimate of drug-likeness (QED) is 0.0787. The molecule has 6 aromatic rings. The van der Waals surface area contributed by atoms with Crippen molar-refractivity contribution >= 4 is 30.3 Å². The van der Waals surface area contributed by atoms with Gasteiger partial charge in [-0.05, 0) is 156 Å². The molecule has 83 heavy (non-hydrogen) atoms. The maximum absolute atomic E-state index is 14.1. The molecule has 4 aromatic carbocycles. The van der Waals surface area contributed by atoms with Gasteiger partial charge in [0, 0.05) is 62.2 Å². The summed E-state index contributed by atoms with van der Waals surface area (Å²) in [6.45, 7) is 23.1. The summed E-state index contributed by atoms with van der Waals surface area (Å²) < 4.78 is 81.8. The van der Waals surface area contributed by atoms with Crippen molar-refractivity contribution in [2.24, 2.45) is 0 Å². The molecule has 2 saturated heterocycles. The van der Waals surface area contributed by atoms with Gasteiger partial charge in [0.15, 0.2) is 41.1 Å². The van der Waals surface area contributed by atoms with Gasteiger partial charge >= 0.3 is 12.2 Å². The molecule has 0 spiro atoms. The molecule has 4 amide bonds. The average Bonchev–Trinajstić information content (AvgIpc) is 2.40. The van der Waals surface area contributed by atoms with Crippen LogP contribution in [0.5, 0.6) is 23.0 Å². The van der Waals surface area contributed by atoms with Crippen LogP contribution >= 0.6 is 0 Å². The highest BCUT2D eigenvalue weighted by Crippen LogP contribution is 2.38. The third-order valence-corrected chi connectivity index (χ3v) is 12.9. The number of amides is 4. The molecule has 3 N–H and O–H groups in total. The number of benzene rings is 4. The summed E-state index contributed by atoms with van der Waals surface area (Å²) in [4.78, 5) is 68.0. The van der Waals surface area contributed by atoms with E-state index in [0.717, 1.165) is 24.3 Å². The number of carbonyl (C=O) groups excluding carboxylic acids is 5. The number of nitrogens with one attached hydrogen (secondary N) is 2. The zero-order chi connectivity index (χ0) is 60.2. The van der Waals surface area contributed by atoms with E-state index < -0.39 is 81.7 Å². The van der Waals surface area contributed by atoms with E-state index >= 15 is 0 Å². The molecule has 0 radical (unpaired) electrons. The molecule has 16 nitrogen and oxygen atoms in total. The molecule has 0 bridgehead atoms. The lowest BCUT2D eigenvalue weighted by Crippen LogP contribution is -2.41. The van der Waals surface area contributed by atoms with Crippen LogP contribution in [0.3, 0.4) is 0 Å². The van der Waals surface area contributed by atoms with Gasteiger partial charge in [0.2, 0.25) is 0 Å². The topological polar surface area (TPSA) is 183 Å². The molecule has 2 aliphatic rings. The van der Waals surface area contributed by atoms with Crippen LogP contribution in [0.25, 0.3) is 22.3 Å². The predicted octanol–water partition coefficient (Wildman–Crippen LogP) is 14.1. The minimum absolute atomic E-state index is 0. The first kappa shape index (κ1) is 64.0. The Hall–Kier alpha value is -8.13. The molecule has 0 saturated carbocycles. The second kappa shape index (κ2) is 25.6. The van der Waals surface area contributed by atoms with Crippen LogP contribution in [0.15, 0.2) is 97.3 Å². The van der Waals surface area contributed by atoms with Gasteiger partial charge in [-0.15, -0.1) is 0 Å². The number of aliphatic hydroxyl groups is 1. The van der Waals surface area contributed by atoms with Gasteiger partial charge in [-0.25, -0.2) is 27.2 Å². The van der Waals surface area contributed by atoms with Crippen molar-refractivity contribution in [3.05, 3.63) is 143 Å². The Balaban J connectivity index is 0.000000300. The highest BCUT2D eigenvalue weighted by Gasteiger charge is 2.37. The summed E-state index contributed by atoms with van der Waals surface area (Å²) in [5.74, 6) is -4.71. The third kappa shape index (κ3) is 16.1. The van der Waals surface area contributed by atoms with Crippen LogP contribution in [0, 0.1) is 23.3 Å². The SMILES string of the molecule is C.CC(C)(C)NC(=O)c1c(-c2ccc(Oc3c(F)cccc3F)cc2)cn([C@@H]2CCN(C(=O)OC(C)(C)C)C2)c1C=O.CC(C)(C)NC(=O)c1c(-c2ccc(Oc3c(F)cccc3F)cc2)cn([C@@H]2CCN(C(=O)OC(C)(C)C)C2)c1CO.[2HH]. The van der Waals surface area contributed by atoms with Gasteiger partial charge in [-0.3, -0.25) is 14.4 Å². The maximum atomic E-state index is 14.1. The number of para-hydroxylation sites is 2. The summed E-state index contributed by atoms with van der Waals surface area (Å²) in [6, 6.07) is 19.3. The fraction of sp³-hybridized carbons (Fsp3) is 0.413. The summed E-state index contributed by atoms with van der Waals surface area (Å²) in [5, 5.41) is 16.4. The number of hydrogen-bond acceptors (Lipinski definition) is 10. The Morgan fingerprint density at radius 1 is 0.578 bits per heavy atom. The summed E-state index contributed by atoms with van der Waals surface area (Å²) in [7, 11) is 0. The standard InChI is InChI=1S/C31H37F2N3O5.C31H35F2N3O5.CH4.H2/c2*1-30(2,3)34-28(38)26-22(19-10-12-21(13-11-19)40-27-23(32)8-7-9-24(27)33)17-36(25(26)18-37)20-14-15-35(16-20)29(39)41-31(4,5)6;;/h7-13,17,20,37H,14-16,18H2,1-6H3,(H,34,38);7-13,17-18,20H,14-16H2,1-6H3,(H,34,38);1H4;1H/t2*20-;;/m11../s1/i;;;1+1. The number of aliphatic hydroxyl groups excluding tert-OH is 1. The van der Waals surface area contributed by atoms with Crippen LogP contribution in [0.4, 0.5) is 27.2 Å². The van der Waals surface area contributed by atoms with E-state index in [1.165, 1.54) is 24.3 Å². The smallest absolute Gasteiger partial charge is 0.410 e. The Labute approximate surface area is 484 Å². The fourth-order valence-corrected chi connectivity index (χ4v) is 9.47. The molecule has 2 aliphatic heterocycles. The first-order chi connectivity index (χ1) is 38.3. The monoisotopic (exact) mass is 1160 g/mol. The van der Waals surface area contributed by atoms with Crippen LogP contribution in [0.2, 0.25) is 0 Å². The molecule has 448 valence electrons. The van der Waals surface area contributed by atoms with Gasteiger partial charge in [-0.1, -0.05) is 43.8 Å². The molecule has 20 heteroatoms. The van der Waals surface area contributed by atoms with Crippen LogP contribution in [0.1, 0.15) is 154 Å². The molecular formula is C63H78F4N6O10. The number of carbonyl (C=O) groups is 5. The Kier molecular flexibility index (Phi) is 19.7. The van der Waals surface area contributed by atoms with Crippen LogP contribution in [-0.4, -0.2) is 103 Å². The Morgan fingerprint density at radius 2 is 0.940 bits per heavy atom. The normalized spacial score (nSPS) is 15.4. The van der Waals surface area contributed by atoms with Gasteiger partial charge in [0.05, 0.1) is 41.2 Å². The van der Waals surface area contributed by atoms with E-state index in [1.54, 1.807) is 83.9 Å². The molecule has 0 unspecified atom stereocenters. The van der Waals surface area contributed by atoms with Gasteiger partial charge in [-0.2, -0.15) is 0 Å². The molecule has 2 fully saturated rings. The third-order valence-electron chi connectivity index (χ3n) is 12.9. The number of aromatic nitrogens is 2. The predicted molar refractivity (Wildman–Crippen MR) is 310 cm³/mol. The largest absolute Gasteiger partial charge is 0.451 e. The summed E-state index contributed by atoms with van der Waals surface area (Å²) in [6.07, 6.45) is 4.51. The molecular weight excluding hydrogens is 1080 g/mol. The zero-order valence-electron chi connectivity index (χ0n) is 48.3. The van der Waals surface area contributed by atoms with Gasteiger partial charge in [0.1, 0.15) is 22.7 Å². The summed E-state index contributed by atoms with van der Waals surface area (Å²) in [5.41, 5.74) is 1.03. The molecule has 4 heterocycles. The van der Waals surface area contributed by atoms with E-state index in [4.69, 9.17) is 18.9 Å². The fourth-order valence-electron chi connectivity index (χ4n) is 9.47. The minimum Gasteiger partial charge on any atom is -0.451 e. The maximum Gasteiger partial charge on any atom is 0.410 e. The number of aldehydes is 1. The van der Waals surface area contributed by atoms with Crippen molar-refractivity contribution in [2.45, 2.75) is 144 Å². The Morgan fingerprint density at radius 3 is 1.30 bits per heavy atom. The average molecular weight is 1160 g/mol. The zero-order valence-corrected chi connectivity index (χ0v) is 48.3. The lowest BCUT2D eigenvalue weighted by atomic mass is 10.0. The van der Waals surface area contributed by atoms with E-state index in [1.807, 2.05) is 66.9 Å². The minimum atomic E-state index is -0.833. The molecule has 2 aromatic heterocycles. The van der Waals surface area contributed by atoms with Crippen molar-refractivity contribution < 1.29 is 67.0 Å². The van der Waals surface area contributed by atoms with Crippen molar-refractivity contribution in [2.75, 3.05) is 26.2 Å². The second-order valence-electron chi connectivity index (χ2n) is 24.3. The van der Waals surface area contributed by atoms with E-state index in [9.17, 15) is 46.6 Å². The highest BCUT2D eigenvalue weighted by molar-refractivity contribution is 6.07. The number of hydrogen-bond donors (Lipinski definition) is 3. The first-order valence-corrected chi connectivity index (χ1v) is 26.9. The number of nitrogens with zero attached hydrogens (tertiary/aromatic N) is 4. The summed E-state index contributed by atoms with van der Waals surface area (Å²) >= 11 is 0. The van der Waals surface area contributed by atoms with E-state index in [0.29, 0.717) is 78.8 Å². The van der Waals surface area contributed by atoms with Gasteiger partial charge < -0.3 is 53.6 Å². The van der Waals surface area contributed by atoms with E-state index in [2.05, 4.69) is 10.6 Å². The van der Waals surface area contributed by atoms with Crippen LogP contribution < -0.4 is 20.1 Å². The molecule has 0 aliphatic carbocycles. The van der Waals surface area contributed by atoms with Crippen molar-refractivity contribution in [1.82, 2.24) is 29.6 Å². The Bertz CT molecular complexity index is 3280. The van der Waals surface area contributed by atoms with Gasteiger partial charge in [0.25, 0.3) is 11.8 Å². The van der Waals surface area contributed by atoms with E-state index in [-0.39, 0.29) is 49.6 Å². The number of halogens is 4.